The minimum absolute atomic E-state index is 0.459. The maximum atomic E-state index is 6.06. The summed E-state index contributed by atoms with van der Waals surface area (Å²) < 4.78 is 2.96. The normalized spacial score (nSPS) is 18.5. The number of halogens is 1. The minimum atomic E-state index is 0.459. The summed E-state index contributed by atoms with van der Waals surface area (Å²) in [7, 11) is 0. The molecule has 108 valence electrons. The molecule has 0 spiro atoms. The highest BCUT2D eigenvalue weighted by Crippen LogP contribution is 2.21. The molecule has 0 radical (unpaired) electrons. The van der Waals surface area contributed by atoms with Crippen LogP contribution in [0.5, 0.6) is 0 Å². The maximum Gasteiger partial charge on any atom is 0.202 e. The molecule has 6 heteroatoms. The number of hydrogen-bond donors (Lipinski definition) is 1. The molecule has 5 nitrogen and oxygen atoms in total. The second-order valence-electron chi connectivity index (χ2n) is 5.52. The Hall–Kier alpha value is -1.14. The molecule has 20 heavy (non-hydrogen) atoms. The number of pyridine rings is 1. The number of nitrogens with two attached hydrogens (primary N) is 1. The zero-order valence-corrected chi connectivity index (χ0v) is 13.3. The van der Waals surface area contributed by atoms with Gasteiger partial charge in [-0.05, 0) is 54.9 Å². The van der Waals surface area contributed by atoms with Gasteiger partial charge in [0.25, 0.3) is 0 Å². The number of aromatic nitrogens is 3. The zero-order chi connectivity index (χ0) is 14.1. The van der Waals surface area contributed by atoms with Gasteiger partial charge in [-0.15, -0.1) is 0 Å². The minimum Gasteiger partial charge on any atom is -0.369 e. The number of anilines is 1. The van der Waals surface area contributed by atoms with E-state index in [0.717, 1.165) is 22.2 Å². The predicted molar refractivity (Wildman–Crippen MR) is 84.5 cm³/mol. The fourth-order valence-corrected chi connectivity index (χ4v) is 3.24. The second kappa shape index (κ2) is 5.69. The molecule has 1 unspecified atom stereocenters. The summed E-state index contributed by atoms with van der Waals surface area (Å²) in [5, 5.41) is 0. The van der Waals surface area contributed by atoms with E-state index in [1.165, 1.54) is 32.4 Å². The third kappa shape index (κ3) is 2.67. The first-order valence-corrected chi connectivity index (χ1v) is 7.96. The first-order valence-electron chi connectivity index (χ1n) is 7.16. The van der Waals surface area contributed by atoms with E-state index in [9.17, 15) is 0 Å². The van der Waals surface area contributed by atoms with Crippen molar-refractivity contribution in [3.05, 3.63) is 16.7 Å². The Morgan fingerprint density at radius 3 is 2.85 bits per heavy atom. The SMILES string of the molecule is CC(Cn1c(N)nc2cc(Br)cnc21)N1CCCCC1. The molecular weight excluding hydrogens is 318 g/mol. The lowest BCUT2D eigenvalue weighted by Crippen LogP contribution is -2.39. The predicted octanol–water partition coefficient (Wildman–Crippen LogP) is 2.65. The average Bonchev–Trinajstić information content (AvgIpc) is 2.75. The molecule has 1 aliphatic heterocycles. The lowest BCUT2D eigenvalue weighted by Gasteiger charge is -2.32. The highest BCUT2D eigenvalue weighted by molar-refractivity contribution is 9.10. The fourth-order valence-electron chi connectivity index (χ4n) is 2.92. The summed E-state index contributed by atoms with van der Waals surface area (Å²) in [6.07, 6.45) is 5.76. The van der Waals surface area contributed by atoms with Gasteiger partial charge in [-0.3, -0.25) is 9.47 Å². The van der Waals surface area contributed by atoms with E-state index < -0.39 is 0 Å². The molecule has 0 bridgehead atoms. The molecule has 2 aromatic rings. The van der Waals surface area contributed by atoms with E-state index in [2.05, 4.69) is 37.7 Å². The highest BCUT2D eigenvalue weighted by atomic mass is 79.9. The van der Waals surface area contributed by atoms with Crippen molar-refractivity contribution in [2.24, 2.45) is 0 Å². The smallest absolute Gasteiger partial charge is 0.202 e. The molecule has 2 N–H and O–H groups in total. The fraction of sp³-hybridized carbons (Fsp3) is 0.571. The Labute approximate surface area is 127 Å². The van der Waals surface area contributed by atoms with E-state index in [0.29, 0.717) is 12.0 Å². The number of likely N-dealkylation sites (tertiary alicyclic amines) is 1. The summed E-state index contributed by atoms with van der Waals surface area (Å²) in [6, 6.07) is 2.42. The van der Waals surface area contributed by atoms with Gasteiger partial charge in [0.2, 0.25) is 5.95 Å². The molecule has 1 aliphatic rings. The van der Waals surface area contributed by atoms with Gasteiger partial charge in [0.1, 0.15) is 5.52 Å². The van der Waals surface area contributed by atoms with Crippen LogP contribution < -0.4 is 5.73 Å². The van der Waals surface area contributed by atoms with Crippen LogP contribution in [0.15, 0.2) is 16.7 Å². The molecule has 3 rings (SSSR count). The van der Waals surface area contributed by atoms with Crippen molar-refractivity contribution in [1.82, 2.24) is 19.4 Å². The Morgan fingerprint density at radius 1 is 1.35 bits per heavy atom. The molecule has 1 atom stereocenters. The van der Waals surface area contributed by atoms with Crippen molar-refractivity contribution in [1.29, 1.82) is 0 Å². The van der Waals surface area contributed by atoms with E-state index in [4.69, 9.17) is 5.73 Å². The summed E-state index contributed by atoms with van der Waals surface area (Å²) in [5.74, 6) is 0.550. The zero-order valence-electron chi connectivity index (χ0n) is 11.7. The number of nitrogen functional groups attached to an aromatic ring is 1. The van der Waals surface area contributed by atoms with Gasteiger partial charge in [-0.25, -0.2) is 9.97 Å². The van der Waals surface area contributed by atoms with Gasteiger partial charge < -0.3 is 5.73 Å². The van der Waals surface area contributed by atoms with Crippen LogP contribution in [0.3, 0.4) is 0 Å². The van der Waals surface area contributed by atoms with Gasteiger partial charge in [0.15, 0.2) is 5.65 Å². The number of fused-ring (bicyclic) bond motifs is 1. The molecule has 1 fully saturated rings. The molecule has 0 aliphatic carbocycles. The molecule has 3 heterocycles. The van der Waals surface area contributed by atoms with Crippen LogP contribution in [0.2, 0.25) is 0 Å². The van der Waals surface area contributed by atoms with Crippen molar-refractivity contribution in [2.45, 2.75) is 38.8 Å². The summed E-state index contributed by atoms with van der Waals surface area (Å²) in [5.41, 5.74) is 7.78. The van der Waals surface area contributed by atoms with Gasteiger partial charge in [0.05, 0.1) is 0 Å². The quantitative estimate of drug-likeness (QED) is 0.935. The monoisotopic (exact) mass is 337 g/mol. The van der Waals surface area contributed by atoms with Crippen LogP contribution in [0.1, 0.15) is 26.2 Å². The Morgan fingerprint density at radius 2 is 2.10 bits per heavy atom. The van der Waals surface area contributed by atoms with E-state index in [-0.39, 0.29) is 0 Å². The molecule has 0 amide bonds. The van der Waals surface area contributed by atoms with Crippen LogP contribution in [-0.2, 0) is 6.54 Å². The lowest BCUT2D eigenvalue weighted by molar-refractivity contribution is 0.161. The summed E-state index contributed by atoms with van der Waals surface area (Å²) >= 11 is 3.42. The van der Waals surface area contributed by atoms with Crippen LogP contribution in [-0.4, -0.2) is 38.6 Å². The molecule has 2 aromatic heterocycles. The van der Waals surface area contributed by atoms with Gasteiger partial charge in [0, 0.05) is 23.3 Å². The third-order valence-corrected chi connectivity index (χ3v) is 4.48. The number of nitrogens with zero attached hydrogens (tertiary/aromatic N) is 4. The molecule has 1 saturated heterocycles. The molecular formula is C14H20BrN5. The van der Waals surface area contributed by atoms with E-state index in [1.807, 2.05) is 10.6 Å². The van der Waals surface area contributed by atoms with Crippen LogP contribution >= 0.6 is 15.9 Å². The lowest BCUT2D eigenvalue weighted by atomic mass is 10.1. The topological polar surface area (TPSA) is 60.0 Å². The van der Waals surface area contributed by atoms with Crippen molar-refractivity contribution in [2.75, 3.05) is 18.8 Å². The Balaban J connectivity index is 1.84. The van der Waals surface area contributed by atoms with Crippen LogP contribution in [0.25, 0.3) is 11.2 Å². The van der Waals surface area contributed by atoms with Gasteiger partial charge >= 0.3 is 0 Å². The first kappa shape index (κ1) is 13.8. The first-order chi connectivity index (χ1) is 9.65. The average molecular weight is 338 g/mol. The highest BCUT2D eigenvalue weighted by Gasteiger charge is 2.19. The van der Waals surface area contributed by atoms with Gasteiger partial charge in [-0.1, -0.05) is 6.42 Å². The Kier molecular flexibility index (Phi) is 3.94. The van der Waals surface area contributed by atoms with E-state index >= 15 is 0 Å². The number of imidazole rings is 1. The molecule has 0 saturated carbocycles. The van der Waals surface area contributed by atoms with E-state index in [1.54, 1.807) is 6.20 Å². The second-order valence-corrected chi connectivity index (χ2v) is 6.44. The van der Waals surface area contributed by atoms with Crippen LogP contribution in [0.4, 0.5) is 5.95 Å². The van der Waals surface area contributed by atoms with Crippen molar-refractivity contribution >= 4 is 33.0 Å². The Bertz CT molecular complexity index is 603. The standard InChI is InChI=1S/C14H20BrN5/c1-10(19-5-3-2-4-6-19)9-20-13-12(18-14(20)16)7-11(15)8-17-13/h7-8,10H,2-6,9H2,1H3,(H2,16,18). The van der Waals surface area contributed by atoms with Crippen molar-refractivity contribution in [3.63, 3.8) is 0 Å². The number of piperidine rings is 1. The number of rotatable bonds is 3. The maximum absolute atomic E-state index is 6.06. The largest absolute Gasteiger partial charge is 0.369 e. The molecule has 0 aromatic carbocycles. The van der Waals surface area contributed by atoms with Crippen molar-refractivity contribution < 1.29 is 0 Å². The third-order valence-electron chi connectivity index (χ3n) is 4.04. The summed E-state index contributed by atoms with van der Waals surface area (Å²) in [4.78, 5) is 11.4. The summed E-state index contributed by atoms with van der Waals surface area (Å²) in [6.45, 7) is 5.48. The van der Waals surface area contributed by atoms with Crippen LogP contribution in [0, 0.1) is 0 Å². The number of hydrogen-bond acceptors (Lipinski definition) is 4. The van der Waals surface area contributed by atoms with Gasteiger partial charge in [-0.2, -0.15) is 0 Å². The van der Waals surface area contributed by atoms with Crippen molar-refractivity contribution in [3.8, 4) is 0 Å².